The molecule has 0 bridgehead atoms. The summed E-state index contributed by atoms with van der Waals surface area (Å²) in [6.07, 6.45) is -1.59. The van der Waals surface area contributed by atoms with Gasteiger partial charge in [0.05, 0.1) is 30.4 Å². The van der Waals surface area contributed by atoms with E-state index >= 15 is 0 Å². The summed E-state index contributed by atoms with van der Waals surface area (Å²) in [5.41, 5.74) is 1.04. The normalized spacial score (nSPS) is 23.0. The number of likely N-dealkylation sites (tertiary alicyclic amines) is 1. The second-order valence-electron chi connectivity index (χ2n) is 4.57. The molecular formula is C13H15N3O3. The molecule has 6 heteroatoms. The van der Waals surface area contributed by atoms with Gasteiger partial charge in [0, 0.05) is 18.8 Å². The molecule has 0 spiro atoms. The molecule has 1 aromatic carbocycles. The van der Waals surface area contributed by atoms with E-state index in [1.54, 1.807) is 29.2 Å². The molecule has 1 aliphatic heterocycles. The van der Waals surface area contributed by atoms with Crippen molar-refractivity contribution in [2.24, 2.45) is 0 Å². The van der Waals surface area contributed by atoms with Gasteiger partial charge in [-0.3, -0.25) is 9.69 Å². The number of anilines is 1. The fourth-order valence-electron chi connectivity index (χ4n) is 2.05. The highest BCUT2D eigenvalue weighted by atomic mass is 16.3. The predicted octanol–water partition coefficient (Wildman–Crippen LogP) is -0.466. The minimum absolute atomic E-state index is 0.102. The number of aliphatic hydroxyl groups excluding tert-OH is 2. The number of hydrogen-bond acceptors (Lipinski definition) is 5. The standard InChI is InChI=1S/C13H15N3O3/c14-5-9-2-1-3-10(4-9)15-13(19)8-16-6-11(17)12(18)7-16/h1-4,11-12,17-18H,6-8H2,(H,15,19). The topological polar surface area (TPSA) is 96.6 Å². The van der Waals surface area contributed by atoms with Gasteiger partial charge in [0.25, 0.3) is 0 Å². The lowest BCUT2D eigenvalue weighted by Gasteiger charge is -2.14. The average molecular weight is 261 g/mol. The number of carbonyl (C=O) groups excluding carboxylic acids is 1. The van der Waals surface area contributed by atoms with Crippen LogP contribution in [0.3, 0.4) is 0 Å². The Bertz CT molecular complexity index is 502. The van der Waals surface area contributed by atoms with Crippen molar-refractivity contribution in [1.29, 1.82) is 5.26 Å². The van der Waals surface area contributed by atoms with E-state index in [1.165, 1.54) is 0 Å². The monoisotopic (exact) mass is 261 g/mol. The Balaban J connectivity index is 1.89. The minimum Gasteiger partial charge on any atom is -0.389 e. The van der Waals surface area contributed by atoms with Crippen LogP contribution in [0.2, 0.25) is 0 Å². The van der Waals surface area contributed by atoms with Crippen molar-refractivity contribution in [3.8, 4) is 6.07 Å². The molecule has 1 saturated heterocycles. The molecule has 6 nitrogen and oxygen atoms in total. The molecule has 2 unspecified atom stereocenters. The Kier molecular flexibility index (Phi) is 4.12. The van der Waals surface area contributed by atoms with E-state index in [1.807, 2.05) is 6.07 Å². The van der Waals surface area contributed by atoms with Gasteiger partial charge in [-0.1, -0.05) is 6.07 Å². The molecule has 3 N–H and O–H groups in total. The first-order valence-electron chi connectivity index (χ1n) is 5.97. The number of aliphatic hydroxyl groups is 2. The molecule has 1 fully saturated rings. The number of amides is 1. The molecule has 2 rings (SSSR count). The van der Waals surface area contributed by atoms with Crippen molar-refractivity contribution >= 4 is 11.6 Å². The fraction of sp³-hybridized carbons (Fsp3) is 0.385. The van der Waals surface area contributed by atoms with Gasteiger partial charge in [0.2, 0.25) is 5.91 Å². The van der Waals surface area contributed by atoms with Crippen LogP contribution < -0.4 is 5.32 Å². The van der Waals surface area contributed by atoms with Crippen molar-refractivity contribution in [1.82, 2.24) is 4.90 Å². The van der Waals surface area contributed by atoms with E-state index in [9.17, 15) is 15.0 Å². The van der Waals surface area contributed by atoms with E-state index in [-0.39, 0.29) is 25.5 Å². The average Bonchev–Trinajstić information content (AvgIpc) is 2.68. The summed E-state index contributed by atoms with van der Waals surface area (Å²) in [4.78, 5) is 13.5. The summed E-state index contributed by atoms with van der Waals surface area (Å²) < 4.78 is 0. The first kappa shape index (κ1) is 13.5. The Morgan fingerprint density at radius 2 is 2.11 bits per heavy atom. The van der Waals surface area contributed by atoms with Crippen LogP contribution in [0.1, 0.15) is 5.56 Å². The Hall–Kier alpha value is -1.94. The van der Waals surface area contributed by atoms with Crippen molar-refractivity contribution in [2.45, 2.75) is 12.2 Å². The zero-order chi connectivity index (χ0) is 13.8. The number of hydrogen-bond donors (Lipinski definition) is 3. The van der Waals surface area contributed by atoms with Crippen LogP contribution in [0.25, 0.3) is 0 Å². The maximum atomic E-state index is 11.8. The second kappa shape index (κ2) is 5.80. The van der Waals surface area contributed by atoms with Gasteiger partial charge < -0.3 is 15.5 Å². The van der Waals surface area contributed by atoms with Crippen molar-refractivity contribution in [3.63, 3.8) is 0 Å². The van der Waals surface area contributed by atoms with Gasteiger partial charge in [-0.05, 0) is 18.2 Å². The molecule has 1 aromatic rings. The fourth-order valence-corrected chi connectivity index (χ4v) is 2.05. The summed E-state index contributed by atoms with van der Waals surface area (Å²) in [7, 11) is 0. The van der Waals surface area contributed by atoms with Gasteiger partial charge >= 0.3 is 0 Å². The van der Waals surface area contributed by atoms with Gasteiger partial charge in [-0.25, -0.2) is 0 Å². The third-order valence-corrected chi connectivity index (χ3v) is 2.98. The molecule has 1 amide bonds. The Labute approximate surface area is 110 Å². The van der Waals surface area contributed by atoms with Crippen LogP contribution >= 0.6 is 0 Å². The molecule has 0 aromatic heterocycles. The summed E-state index contributed by atoms with van der Waals surface area (Å²) in [5, 5.41) is 30.2. The first-order chi connectivity index (χ1) is 9.08. The summed E-state index contributed by atoms with van der Waals surface area (Å²) in [6.45, 7) is 0.671. The zero-order valence-electron chi connectivity index (χ0n) is 10.3. The molecule has 0 aliphatic carbocycles. The molecule has 1 aliphatic rings. The molecule has 0 saturated carbocycles. The van der Waals surface area contributed by atoms with Crippen molar-refractivity contribution < 1.29 is 15.0 Å². The quantitative estimate of drug-likeness (QED) is 0.684. The summed E-state index contributed by atoms with van der Waals surface area (Å²) >= 11 is 0. The van der Waals surface area contributed by atoms with Crippen molar-refractivity contribution in [3.05, 3.63) is 29.8 Å². The lowest BCUT2D eigenvalue weighted by molar-refractivity contribution is -0.117. The van der Waals surface area contributed by atoms with Crippen LogP contribution in [0.4, 0.5) is 5.69 Å². The largest absolute Gasteiger partial charge is 0.389 e. The van der Waals surface area contributed by atoms with Crippen LogP contribution in [-0.2, 0) is 4.79 Å². The van der Waals surface area contributed by atoms with Crippen LogP contribution in [0.15, 0.2) is 24.3 Å². The molecule has 100 valence electrons. The van der Waals surface area contributed by atoms with E-state index in [0.29, 0.717) is 11.3 Å². The van der Waals surface area contributed by atoms with Crippen LogP contribution in [-0.4, -0.2) is 52.9 Å². The van der Waals surface area contributed by atoms with Crippen LogP contribution in [0, 0.1) is 11.3 Å². The summed E-state index contributed by atoms with van der Waals surface area (Å²) in [6, 6.07) is 8.63. The zero-order valence-corrected chi connectivity index (χ0v) is 10.3. The number of nitrogens with zero attached hydrogens (tertiary/aromatic N) is 2. The van der Waals surface area contributed by atoms with Gasteiger partial charge in [-0.15, -0.1) is 0 Å². The molecular weight excluding hydrogens is 246 g/mol. The number of β-amino-alcohol motifs (C(OH)–C–C–N with tert-alkyl or cyclic N) is 2. The van der Waals surface area contributed by atoms with Gasteiger partial charge in [0.15, 0.2) is 0 Å². The van der Waals surface area contributed by atoms with E-state index in [2.05, 4.69) is 5.32 Å². The number of nitriles is 1. The highest BCUT2D eigenvalue weighted by Gasteiger charge is 2.30. The number of nitrogens with one attached hydrogen (secondary N) is 1. The third kappa shape index (κ3) is 3.51. The molecule has 1 heterocycles. The smallest absolute Gasteiger partial charge is 0.238 e. The highest BCUT2D eigenvalue weighted by molar-refractivity contribution is 5.92. The van der Waals surface area contributed by atoms with E-state index in [0.717, 1.165) is 0 Å². The van der Waals surface area contributed by atoms with Gasteiger partial charge in [-0.2, -0.15) is 5.26 Å². The second-order valence-corrected chi connectivity index (χ2v) is 4.57. The predicted molar refractivity (Wildman–Crippen MR) is 68.2 cm³/mol. The number of carbonyl (C=O) groups is 1. The highest BCUT2D eigenvalue weighted by Crippen LogP contribution is 2.12. The number of rotatable bonds is 3. The third-order valence-electron chi connectivity index (χ3n) is 2.98. The Morgan fingerprint density at radius 3 is 2.74 bits per heavy atom. The molecule has 0 radical (unpaired) electrons. The van der Waals surface area contributed by atoms with E-state index in [4.69, 9.17) is 5.26 Å². The van der Waals surface area contributed by atoms with E-state index < -0.39 is 12.2 Å². The number of benzene rings is 1. The first-order valence-corrected chi connectivity index (χ1v) is 5.97. The SMILES string of the molecule is N#Cc1cccc(NC(=O)CN2CC(O)C(O)C2)c1. The maximum Gasteiger partial charge on any atom is 0.238 e. The Morgan fingerprint density at radius 1 is 1.42 bits per heavy atom. The molecule has 19 heavy (non-hydrogen) atoms. The van der Waals surface area contributed by atoms with Gasteiger partial charge in [0.1, 0.15) is 0 Å². The van der Waals surface area contributed by atoms with Crippen LogP contribution in [0.5, 0.6) is 0 Å². The minimum atomic E-state index is -0.797. The lowest BCUT2D eigenvalue weighted by Crippen LogP contribution is -2.32. The summed E-state index contributed by atoms with van der Waals surface area (Å²) in [5.74, 6) is -0.239. The lowest BCUT2D eigenvalue weighted by atomic mass is 10.2. The molecule has 2 atom stereocenters. The maximum absolute atomic E-state index is 11.8. The van der Waals surface area contributed by atoms with Crippen molar-refractivity contribution in [2.75, 3.05) is 25.0 Å².